The number of halogens is 3. The fourth-order valence-corrected chi connectivity index (χ4v) is 1.33. The van der Waals surface area contributed by atoms with Crippen LogP contribution in [0.2, 0.25) is 5.02 Å². The van der Waals surface area contributed by atoms with E-state index < -0.39 is 0 Å². The molecule has 0 saturated heterocycles. The second-order valence-corrected chi connectivity index (χ2v) is 3.00. The average Bonchev–Trinajstić information content (AvgIpc) is 1.97. The Morgan fingerprint density at radius 3 is 2.64 bits per heavy atom. The molecule has 0 N–H and O–H groups in total. The van der Waals surface area contributed by atoms with E-state index in [1.165, 1.54) is 6.07 Å². The van der Waals surface area contributed by atoms with Crippen LogP contribution in [0.1, 0.15) is 11.1 Å². The normalized spacial score (nSPS) is 10.2. The molecule has 0 unspecified atom stereocenters. The first-order chi connectivity index (χ1) is 5.15. The zero-order valence-electron chi connectivity index (χ0n) is 6.00. The van der Waals surface area contributed by atoms with E-state index in [-0.39, 0.29) is 5.82 Å². The standard InChI is InChI=1S/C8H7Cl2F/c1-5-2-6(4-9)7(10)3-8(5)11/h2-3H,4H2,1H3. The topological polar surface area (TPSA) is 0 Å². The molecular formula is C8H7Cl2F. The summed E-state index contributed by atoms with van der Waals surface area (Å²) in [6.07, 6.45) is 0. The Morgan fingerprint density at radius 2 is 2.09 bits per heavy atom. The van der Waals surface area contributed by atoms with E-state index in [0.717, 1.165) is 5.56 Å². The molecule has 0 aromatic heterocycles. The van der Waals surface area contributed by atoms with Gasteiger partial charge in [0.2, 0.25) is 0 Å². The van der Waals surface area contributed by atoms with Gasteiger partial charge in [0, 0.05) is 10.9 Å². The Hall–Kier alpha value is -0.270. The maximum Gasteiger partial charge on any atom is 0.127 e. The van der Waals surface area contributed by atoms with Crippen LogP contribution in [0, 0.1) is 12.7 Å². The van der Waals surface area contributed by atoms with E-state index in [4.69, 9.17) is 23.2 Å². The van der Waals surface area contributed by atoms with Gasteiger partial charge in [0.15, 0.2) is 0 Å². The molecule has 0 fully saturated rings. The molecule has 0 saturated carbocycles. The smallest absolute Gasteiger partial charge is 0.127 e. The van der Waals surface area contributed by atoms with Gasteiger partial charge in [0.1, 0.15) is 5.82 Å². The fraction of sp³-hybridized carbons (Fsp3) is 0.250. The molecular weight excluding hydrogens is 186 g/mol. The van der Waals surface area contributed by atoms with Crippen LogP contribution in [0.3, 0.4) is 0 Å². The van der Waals surface area contributed by atoms with E-state index in [2.05, 4.69) is 0 Å². The largest absolute Gasteiger partial charge is 0.207 e. The highest BCUT2D eigenvalue weighted by Gasteiger charge is 2.03. The predicted octanol–water partition coefficient (Wildman–Crippen LogP) is 3.53. The van der Waals surface area contributed by atoms with Gasteiger partial charge in [-0.15, -0.1) is 11.6 Å². The molecule has 0 nitrogen and oxygen atoms in total. The molecule has 0 bridgehead atoms. The lowest BCUT2D eigenvalue weighted by Crippen LogP contribution is -1.87. The third-order valence-electron chi connectivity index (χ3n) is 1.47. The van der Waals surface area contributed by atoms with Gasteiger partial charge in [0.05, 0.1) is 0 Å². The number of benzene rings is 1. The molecule has 11 heavy (non-hydrogen) atoms. The van der Waals surface area contributed by atoms with Crippen molar-refractivity contribution in [2.24, 2.45) is 0 Å². The fourth-order valence-electron chi connectivity index (χ4n) is 0.819. The summed E-state index contributed by atoms with van der Waals surface area (Å²) in [5.74, 6) is 0.0313. The van der Waals surface area contributed by atoms with E-state index in [0.29, 0.717) is 16.5 Å². The summed E-state index contributed by atoms with van der Waals surface area (Å²) >= 11 is 11.2. The van der Waals surface area contributed by atoms with Crippen LogP contribution in [-0.2, 0) is 5.88 Å². The highest BCUT2D eigenvalue weighted by atomic mass is 35.5. The lowest BCUT2D eigenvalue weighted by atomic mass is 10.1. The third kappa shape index (κ3) is 1.85. The summed E-state index contributed by atoms with van der Waals surface area (Å²) < 4.78 is 12.8. The van der Waals surface area contributed by atoms with Gasteiger partial charge in [0.25, 0.3) is 0 Å². The molecule has 0 aliphatic carbocycles. The van der Waals surface area contributed by atoms with Gasteiger partial charge < -0.3 is 0 Å². The lowest BCUT2D eigenvalue weighted by molar-refractivity contribution is 0.618. The minimum absolute atomic E-state index is 0.288. The van der Waals surface area contributed by atoms with Crippen LogP contribution >= 0.6 is 23.2 Å². The molecule has 1 aromatic rings. The van der Waals surface area contributed by atoms with Gasteiger partial charge in [-0.25, -0.2) is 4.39 Å². The monoisotopic (exact) mass is 192 g/mol. The second kappa shape index (κ2) is 3.42. The minimum atomic E-state index is -0.288. The summed E-state index contributed by atoms with van der Waals surface area (Å²) in [7, 11) is 0. The molecule has 0 heterocycles. The number of aryl methyl sites for hydroxylation is 1. The highest BCUT2D eigenvalue weighted by molar-refractivity contribution is 6.32. The van der Waals surface area contributed by atoms with Crippen molar-refractivity contribution in [2.75, 3.05) is 0 Å². The third-order valence-corrected chi connectivity index (χ3v) is 2.11. The maximum absolute atomic E-state index is 12.8. The predicted molar refractivity (Wildman–Crippen MR) is 45.7 cm³/mol. The van der Waals surface area contributed by atoms with E-state index in [1.807, 2.05) is 0 Å². The zero-order chi connectivity index (χ0) is 8.43. The van der Waals surface area contributed by atoms with Crippen LogP contribution in [0.5, 0.6) is 0 Å². The first-order valence-electron chi connectivity index (χ1n) is 3.15. The summed E-state index contributed by atoms with van der Waals surface area (Å²) in [6, 6.07) is 2.94. The Kier molecular flexibility index (Phi) is 2.74. The molecule has 0 aliphatic heterocycles. The lowest BCUT2D eigenvalue weighted by Gasteiger charge is -2.01. The van der Waals surface area contributed by atoms with Crippen LogP contribution in [0.15, 0.2) is 12.1 Å². The molecule has 60 valence electrons. The number of hydrogen-bond acceptors (Lipinski definition) is 0. The number of rotatable bonds is 1. The minimum Gasteiger partial charge on any atom is -0.207 e. The summed E-state index contributed by atoms with van der Waals surface area (Å²) in [5, 5.41) is 0.392. The Bertz CT molecular complexity index is 271. The van der Waals surface area contributed by atoms with Crippen molar-refractivity contribution >= 4 is 23.2 Å². The van der Waals surface area contributed by atoms with E-state index >= 15 is 0 Å². The van der Waals surface area contributed by atoms with Crippen molar-refractivity contribution in [3.63, 3.8) is 0 Å². The van der Waals surface area contributed by atoms with E-state index in [1.54, 1.807) is 13.0 Å². The molecule has 3 heteroatoms. The molecule has 0 spiro atoms. The molecule has 0 atom stereocenters. The van der Waals surface area contributed by atoms with Gasteiger partial charge in [-0.1, -0.05) is 17.7 Å². The summed E-state index contributed by atoms with van der Waals surface area (Å²) in [5.41, 5.74) is 1.34. The molecule has 0 amide bonds. The van der Waals surface area contributed by atoms with Crippen molar-refractivity contribution < 1.29 is 4.39 Å². The van der Waals surface area contributed by atoms with Crippen molar-refractivity contribution in [3.05, 3.63) is 34.1 Å². The second-order valence-electron chi connectivity index (χ2n) is 2.33. The number of alkyl halides is 1. The van der Waals surface area contributed by atoms with E-state index in [9.17, 15) is 4.39 Å². The van der Waals surface area contributed by atoms with Gasteiger partial charge in [-0.2, -0.15) is 0 Å². The Morgan fingerprint density at radius 1 is 1.45 bits per heavy atom. The van der Waals surface area contributed by atoms with Gasteiger partial charge in [-0.05, 0) is 24.1 Å². The Labute approximate surface area is 74.9 Å². The highest BCUT2D eigenvalue weighted by Crippen LogP contribution is 2.21. The maximum atomic E-state index is 12.8. The Balaban J connectivity index is 3.21. The molecule has 1 rings (SSSR count). The summed E-state index contributed by atoms with van der Waals surface area (Å²) in [4.78, 5) is 0. The van der Waals surface area contributed by atoms with Crippen molar-refractivity contribution in [1.82, 2.24) is 0 Å². The summed E-state index contributed by atoms with van der Waals surface area (Å²) in [6.45, 7) is 1.68. The molecule has 0 radical (unpaired) electrons. The van der Waals surface area contributed by atoms with Crippen molar-refractivity contribution in [1.29, 1.82) is 0 Å². The van der Waals surface area contributed by atoms with Crippen LogP contribution < -0.4 is 0 Å². The first-order valence-corrected chi connectivity index (χ1v) is 4.07. The van der Waals surface area contributed by atoms with Crippen LogP contribution in [0.25, 0.3) is 0 Å². The zero-order valence-corrected chi connectivity index (χ0v) is 7.51. The quantitative estimate of drug-likeness (QED) is 0.598. The molecule has 0 aliphatic rings. The average molecular weight is 193 g/mol. The molecule has 1 aromatic carbocycles. The van der Waals surface area contributed by atoms with Crippen LogP contribution in [0.4, 0.5) is 4.39 Å². The van der Waals surface area contributed by atoms with Gasteiger partial charge >= 0.3 is 0 Å². The first kappa shape index (κ1) is 8.82. The number of hydrogen-bond donors (Lipinski definition) is 0. The van der Waals surface area contributed by atoms with Gasteiger partial charge in [-0.3, -0.25) is 0 Å². The SMILES string of the molecule is Cc1cc(CCl)c(Cl)cc1F. The van der Waals surface area contributed by atoms with Crippen molar-refractivity contribution in [2.45, 2.75) is 12.8 Å². The van der Waals surface area contributed by atoms with Crippen LogP contribution in [-0.4, -0.2) is 0 Å². The van der Waals surface area contributed by atoms with Crippen molar-refractivity contribution in [3.8, 4) is 0 Å².